The first-order valence-corrected chi connectivity index (χ1v) is 9.82. The first-order valence-electron chi connectivity index (χ1n) is 9.82. The Kier molecular flexibility index (Phi) is 12.9. The van der Waals surface area contributed by atoms with Crippen LogP contribution < -0.4 is 0 Å². The van der Waals surface area contributed by atoms with Crippen LogP contribution in [0.3, 0.4) is 0 Å². The second kappa shape index (κ2) is 14.2. The van der Waals surface area contributed by atoms with E-state index in [1.807, 2.05) is 0 Å². The summed E-state index contributed by atoms with van der Waals surface area (Å²) in [6.07, 6.45) is 6.76. The van der Waals surface area contributed by atoms with E-state index in [9.17, 15) is 0 Å². The zero-order valence-electron chi connectivity index (χ0n) is 15.9. The molecule has 0 atom stereocenters. The summed E-state index contributed by atoms with van der Waals surface area (Å²) in [7, 11) is 0. The third-order valence-corrected chi connectivity index (χ3v) is 4.54. The average molecular weight is 329 g/mol. The van der Waals surface area contributed by atoms with Crippen molar-refractivity contribution in [2.75, 3.05) is 65.7 Å². The molecule has 0 N–H and O–H groups in total. The van der Waals surface area contributed by atoms with Gasteiger partial charge in [-0.2, -0.15) is 0 Å². The van der Waals surface area contributed by atoms with Crippen LogP contribution in [0.4, 0.5) is 0 Å². The van der Waals surface area contributed by atoms with Gasteiger partial charge in [0, 0.05) is 26.2 Å². The largest absolute Gasteiger partial charge is 0.379 e. The lowest BCUT2D eigenvalue weighted by atomic mass is 10.1. The van der Waals surface area contributed by atoms with Gasteiger partial charge in [0.05, 0.1) is 26.4 Å². The molecular weight excluding hydrogens is 288 g/mol. The Morgan fingerprint density at radius 2 is 1.22 bits per heavy atom. The normalized spacial score (nSPS) is 20.3. The van der Waals surface area contributed by atoms with E-state index in [4.69, 9.17) is 9.47 Å². The Balaban J connectivity index is 0.000000231. The van der Waals surface area contributed by atoms with Crippen LogP contribution in [-0.4, -0.2) is 75.5 Å². The minimum atomic E-state index is 0.853. The molecule has 2 fully saturated rings. The lowest BCUT2D eigenvalue weighted by molar-refractivity contribution is 0.0368. The Hall–Kier alpha value is -0.160. The second-order valence-electron chi connectivity index (χ2n) is 7.15. The molecule has 0 spiro atoms. The summed E-state index contributed by atoms with van der Waals surface area (Å²) in [6, 6.07) is 0. The van der Waals surface area contributed by atoms with Gasteiger partial charge in [-0.1, -0.05) is 33.6 Å². The highest BCUT2D eigenvalue weighted by molar-refractivity contribution is 4.62. The van der Waals surface area contributed by atoms with Crippen LogP contribution in [0, 0.1) is 5.92 Å². The van der Waals surface area contributed by atoms with Crippen molar-refractivity contribution in [3.05, 3.63) is 0 Å². The summed E-state index contributed by atoms with van der Waals surface area (Å²) in [5.41, 5.74) is 0. The molecule has 0 saturated carbocycles. The van der Waals surface area contributed by atoms with Gasteiger partial charge in [0.15, 0.2) is 0 Å². The molecule has 0 unspecified atom stereocenters. The zero-order valence-corrected chi connectivity index (χ0v) is 15.9. The van der Waals surface area contributed by atoms with Gasteiger partial charge in [0.2, 0.25) is 0 Å². The molecule has 0 aliphatic carbocycles. The van der Waals surface area contributed by atoms with Crippen LogP contribution >= 0.6 is 0 Å². The Morgan fingerprint density at radius 3 is 1.65 bits per heavy atom. The molecule has 4 nitrogen and oxygen atoms in total. The van der Waals surface area contributed by atoms with Gasteiger partial charge in [0.1, 0.15) is 0 Å². The minimum absolute atomic E-state index is 0.853. The predicted octanol–water partition coefficient (Wildman–Crippen LogP) is 3.26. The van der Waals surface area contributed by atoms with E-state index in [0.29, 0.717) is 0 Å². The topological polar surface area (TPSA) is 24.9 Å². The maximum absolute atomic E-state index is 5.29. The number of hydrogen-bond donors (Lipinski definition) is 0. The van der Waals surface area contributed by atoms with Crippen molar-refractivity contribution < 1.29 is 9.47 Å². The van der Waals surface area contributed by atoms with Crippen molar-refractivity contribution in [2.24, 2.45) is 5.92 Å². The summed E-state index contributed by atoms with van der Waals surface area (Å²) in [5.74, 6) is 0.853. The van der Waals surface area contributed by atoms with Crippen LogP contribution in [0.25, 0.3) is 0 Å². The lowest BCUT2D eigenvalue weighted by Crippen LogP contribution is -2.36. The molecule has 0 aromatic carbocycles. The highest BCUT2D eigenvalue weighted by atomic mass is 16.5. The van der Waals surface area contributed by atoms with E-state index in [1.165, 1.54) is 45.2 Å². The van der Waals surface area contributed by atoms with E-state index in [2.05, 4.69) is 30.6 Å². The molecule has 2 aliphatic rings. The fourth-order valence-corrected chi connectivity index (χ4v) is 2.96. The summed E-state index contributed by atoms with van der Waals surface area (Å²) < 4.78 is 10.5. The van der Waals surface area contributed by atoms with E-state index < -0.39 is 0 Å². The van der Waals surface area contributed by atoms with Gasteiger partial charge >= 0.3 is 0 Å². The van der Waals surface area contributed by atoms with Gasteiger partial charge in [-0.05, 0) is 38.3 Å². The number of rotatable bonds is 8. The fourth-order valence-electron chi connectivity index (χ4n) is 2.96. The van der Waals surface area contributed by atoms with Crippen LogP contribution in [0.5, 0.6) is 0 Å². The number of nitrogens with zero attached hydrogens (tertiary/aromatic N) is 2. The third kappa shape index (κ3) is 11.9. The van der Waals surface area contributed by atoms with Gasteiger partial charge < -0.3 is 9.47 Å². The Labute approximate surface area is 144 Å². The molecular formula is C19H40N2O2. The quantitative estimate of drug-likeness (QED) is 0.639. The standard InChI is InChI=1S/C10H21NO.C9H19NO/c1-10(2)4-3-5-11-6-8-12-9-7-11;1-2-3-4-5-10-6-8-11-9-7-10/h10H,3-9H2,1-2H3;2-9H2,1H3. The van der Waals surface area contributed by atoms with E-state index in [0.717, 1.165) is 58.5 Å². The van der Waals surface area contributed by atoms with E-state index in [1.54, 1.807) is 0 Å². The summed E-state index contributed by atoms with van der Waals surface area (Å²) in [5, 5.41) is 0. The van der Waals surface area contributed by atoms with Gasteiger partial charge in [-0.3, -0.25) is 9.80 Å². The number of ether oxygens (including phenoxy) is 2. The molecule has 0 aromatic heterocycles. The molecule has 0 amide bonds. The van der Waals surface area contributed by atoms with Crippen molar-refractivity contribution in [2.45, 2.75) is 52.9 Å². The molecule has 2 aliphatic heterocycles. The average Bonchev–Trinajstić information content (AvgIpc) is 2.57. The summed E-state index contributed by atoms with van der Waals surface area (Å²) in [4.78, 5) is 5.00. The van der Waals surface area contributed by atoms with Crippen LogP contribution in [0.15, 0.2) is 0 Å². The molecule has 2 rings (SSSR count). The first-order chi connectivity index (χ1) is 11.2. The van der Waals surface area contributed by atoms with Crippen molar-refractivity contribution in [3.63, 3.8) is 0 Å². The highest BCUT2D eigenvalue weighted by Crippen LogP contribution is 2.06. The molecule has 2 saturated heterocycles. The zero-order chi connectivity index (χ0) is 16.8. The first kappa shape index (κ1) is 20.9. The number of hydrogen-bond acceptors (Lipinski definition) is 4. The fraction of sp³-hybridized carbons (Fsp3) is 1.00. The van der Waals surface area contributed by atoms with Crippen molar-refractivity contribution in [1.29, 1.82) is 0 Å². The number of unbranched alkanes of at least 4 members (excludes halogenated alkanes) is 2. The van der Waals surface area contributed by atoms with Crippen molar-refractivity contribution in [3.8, 4) is 0 Å². The molecule has 0 bridgehead atoms. The number of morpholine rings is 2. The van der Waals surface area contributed by atoms with E-state index in [-0.39, 0.29) is 0 Å². The maximum Gasteiger partial charge on any atom is 0.0594 e. The van der Waals surface area contributed by atoms with Crippen molar-refractivity contribution in [1.82, 2.24) is 9.80 Å². The smallest absolute Gasteiger partial charge is 0.0594 e. The Bertz CT molecular complexity index is 250. The third-order valence-electron chi connectivity index (χ3n) is 4.54. The predicted molar refractivity (Wildman–Crippen MR) is 98.1 cm³/mol. The lowest BCUT2D eigenvalue weighted by Gasteiger charge is -2.26. The van der Waals surface area contributed by atoms with Crippen LogP contribution in [-0.2, 0) is 9.47 Å². The minimum Gasteiger partial charge on any atom is -0.379 e. The Morgan fingerprint density at radius 1 is 0.739 bits per heavy atom. The van der Waals surface area contributed by atoms with Gasteiger partial charge in [-0.25, -0.2) is 0 Å². The maximum atomic E-state index is 5.29. The summed E-state index contributed by atoms with van der Waals surface area (Å²) in [6.45, 7) is 17.7. The van der Waals surface area contributed by atoms with Crippen molar-refractivity contribution >= 4 is 0 Å². The molecule has 4 heteroatoms. The highest BCUT2D eigenvalue weighted by Gasteiger charge is 2.09. The monoisotopic (exact) mass is 328 g/mol. The molecule has 0 aromatic rings. The van der Waals surface area contributed by atoms with Gasteiger partial charge in [-0.15, -0.1) is 0 Å². The molecule has 2 heterocycles. The SMILES string of the molecule is CC(C)CCCN1CCOCC1.CCCCCN1CCOCC1. The second-order valence-corrected chi connectivity index (χ2v) is 7.15. The van der Waals surface area contributed by atoms with Crippen LogP contribution in [0.1, 0.15) is 52.9 Å². The van der Waals surface area contributed by atoms with Crippen LogP contribution in [0.2, 0.25) is 0 Å². The molecule has 0 radical (unpaired) electrons. The van der Waals surface area contributed by atoms with Gasteiger partial charge in [0.25, 0.3) is 0 Å². The molecule has 23 heavy (non-hydrogen) atoms. The molecule has 138 valence electrons. The summed E-state index contributed by atoms with van der Waals surface area (Å²) >= 11 is 0. The van der Waals surface area contributed by atoms with E-state index >= 15 is 0 Å².